The minimum Gasteiger partial charge on any atom is -0.495 e. The zero-order valence-electron chi connectivity index (χ0n) is 26.7. The predicted molar refractivity (Wildman–Crippen MR) is 151 cm³/mol. The summed E-state index contributed by atoms with van der Waals surface area (Å²) in [6, 6.07) is 6.40. The van der Waals surface area contributed by atoms with Gasteiger partial charge in [0.05, 0.1) is 29.5 Å². The first kappa shape index (κ1) is 26.0. The fraction of sp³-hybridized carbons (Fsp3) is 0.400. The van der Waals surface area contributed by atoms with Crippen molar-refractivity contribution in [1.82, 2.24) is 25.1 Å². The Bertz CT molecular complexity index is 1740. The van der Waals surface area contributed by atoms with Crippen LogP contribution in [0.2, 0.25) is 0 Å². The molecule has 3 aromatic rings. The Morgan fingerprint density at radius 2 is 1.93 bits per heavy atom. The SMILES string of the molecule is [2H]C([2H])([2H])N1CCC(NC(=O)c2cc(OC)c(Nc3ncc(C(F)(F)F)c(Oc4cccc5c4C(=O)N(C)C54CC4)n3)cc2F)CC1. The Kier molecular flexibility index (Phi) is 6.45. The molecule has 14 heteroatoms. The number of methoxy groups -OCH3 is 1. The minimum absolute atomic E-state index is 0.0380. The van der Waals surface area contributed by atoms with E-state index >= 15 is 4.39 Å². The van der Waals surface area contributed by atoms with Crippen molar-refractivity contribution in [1.29, 1.82) is 0 Å². The number of carbonyl (C=O) groups excluding carboxylic acids is 2. The van der Waals surface area contributed by atoms with E-state index in [-0.39, 0.29) is 53.4 Å². The molecule has 6 rings (SSSR count). The van der Waals surface area contributed by atoms with Gasteiger partial charge in [-0.3, -0.25) is 9.59 Å². The van der Waals surface area contributed by atoms with E-state index in [9.17, 15) is 22.8 Å². The number of carbonyl (C=O) groups is 2. The van der Waals surface area contributed by atoms with Crippen molar-refractivity contribution in [2.45, 2.75) is 43.4 Å². The third kappa shape index (κ3) is 5.27. The number of hydrogen-bond donors (Lipinski definition) is 2. The van der Waals surface area contributed by atoms with Gasteiger partial charge in [0, 0.05) is 29.5 Å². The van der Waals surface area contributed by atoms with Crippen LogP contribution in [0.5, 0.6) is 17.4 Å². The molecule has 2 aliphatic heterocycles. The zero-order valence-corrected chi connectivity index (χ0v) is 23.7. The summed E-state index contributed by atoms with van der Waals surface area (Å²) in [6.45, 7) is -1.77. The van der Waals surface area contributed by atoms with Crippen molar-refractivity contribution in [2.75, 3.05) is 39.5 Å². The van der Waals surface area contributed by atoms with Gasteiger partial charge in [-0.25, -0.2) is 9.37 Å². The van der Waals surface area contributed by atoms with E-state index in [1.54, 1.807) is 24.1 Å². The highest BCUT2D eigenvalue weighted by Gasteiger charge is 2.57. The number of halogens is 4. The first-order valence-electron chi connectivity index (χ1n) is 15.4. The molecule has 2 N–H and O–H groups in total. The number of nitrogens with zero attached hydrogens (tertiary/aromatic N) is 4. The lowest BCUT2D eigenvalue weighted by Crippen LogP contribution is -2.43. The van der Waals surface area contributed by atoms with Gasteiger partial charge >= 0.3 is 6.18 Å². The number of anilines is 2. The molecular weight excluding hydrogens is 584 g/mol. The topological polar surface area (TPSA) is 109 Å². The molecule has 0 bridgehead atoms. The maximum atomic E-state index is 15.3. The van der Waals surface area contributed by atoms with Crippen molar-refractivity contribution in [3.05, 3.63) is 64.6 Å². The molecule has 1 aliphatic carbocycles. The van der Waals surface area contributed by atoms with Crippen LogP contribution in [-0.2, 0) is 11.7 Å². The summed E-state index contributed by atoms with van der Waals surface area (Å²) in [5, 5.41) is 5.34. The number of alkyl halides is 3. The molecule has 3 aliphatic rings. The maximum Gasteiger partial charge on any atom is 0.423 e. The molecule has 44 heavy (non-hydrogen) atoms. The van der Waals surface area contributed by atoms with Crippen LogP contribution in [-0.4, -0.2) is 71.8 Å². The van der Waals surface area contributed by atoms with E-state index in [0.717, 1.165) is 25.0 Å². The zero-order chi connectivity index (χ0) is 33.9. The molecule has 1 saturated carbocycles. The van der Waals surface area contributed by atoms with Gasteiger partial charge < -0.3 is 29.9 Å². The average molecular weight is 618 g/mol. The van der Waals surface area contributed by atoms with Gasteiger partial charge in [0.2, 0.25) is 11.8 Å². The number of benzene rings is 2. The monoisotopic (exact) mass is 617 g/mol. The predicted octanol–water partition coefficient (Wildman–Crippen LogP) is 5.08. The lowest BCUT2D eigenvalue weighted by atomic mass is 10.0. The summed E-state index contributed by atoms with van der Waals surface area (Å²) in [6.07, 6.45) is -2.23. The van der Waals surface area contributed by atoms with Crippen LogP contribution in [0.15, 0.2) is 36.5 Å². The number of aromatic nitrogens is 2. The largest absolute Gasteiger partial charge is 0.495 e. The summed E-state index contributed by atoms with van der Waals surface area (Å²) in [4.78, 5) is 36.6. The second-order valence-corrected chi connectivity index (χ2v) is 11.0. The lowest BCUT2D eigenvalue weighted by molar-refractivity contribution is -0.139. The molecule has 1 saturated heterocycles. The summed E-state index contributed by atoms with van der Waals surface area (Å²) in [5.41, 5.74) is -1.40. The van der Waals surface area contributed by atoms with Gasteiger partial charge in [-0.1, -0.05) is 12.1 Å². The van der Waals surface area contributed by atoms with Crippen LogP contribution in [0.3, 0.4) is 0 Å². The van der Waals surface area contributed by atoms with E-state index in [1.165, 1.54) is 18.1 Å². The Labute approximate surface area is 254 Å². The third-order valence-corrected chi connectivity index (χ3v) is 8.29. The molecule has 0 radical (unpaired) electrons. The van der Waals surface area contributed by atoms with E-state index in [0.29, 0.717) is 24.6 Å². The number of nitrogens with one attached hydrogen (secondary N) is 2. The molecule has 0 atom stereocenters. The van der Waals surface area contributed by atoms with Crippen LogP contribution in [0.4, 0.5) is 29.2 Å². The summed E-state index contributed by atoms with van der Waals surface area (Å²) in [5.74, 6) is -3.51. The average Bonchev–Trinajstić information content (AvgIpc) is 3.78. The van der Waals surface area contributed by atoms with Crippen molar-refractivity contribution in [2.24, 2.45) is 0 Å². The van der Waals surface area contributed by atoms with Gasteiger partial charge in [-0.05, 0) is 63.4 Å². The quantitative estimate of drug-likeness (QED) is 0.354. The smallest absolute Gasteiger partial charge is 0.423 e. The van der Waals surface area contributed by atoms with Crippen molar-refractivity contribution in [3.63, 3.8) is 0 Å². The fourth-order valence-electron chi connectivity index (χ4n) is 5.69. The number of ether oxygens (including phenoxy) is 2. The summed E-state index contributed by atoms with van der Waals surface area (Å²) >= 11 is 0. The molecule has 232 valence electrons. The van der Waals surface area contributed by atoms with Crippen LogP contribution in [0.1, 0.15) is 61.6 Å². The number of piperidine rings is 1. The van der Waals surface area contributed by atoms with Gasteiger partial charge in [-0.2, -0.15) is 18.2 Å². The highest BCUT2D eigenvalue weighted by Crippen LogP contribution is 2.57. The van der Waals surface area contributed by atoms with Crippen LogP contribution >= 0.6 is 0 Å². The first-order chi connectivity index (χ1) is 22.1. The summed E-state index contributed by atoms with van der Waals surface area (Å²) < 4.78 is 90.8. The molecule has 0 unspecified atom stereocenters. The van der Waals surface area contributed by atoms with Gasteiger partial charge in [0.15, 0.2) is 0 Å². The third-order valence-electron chi connectivity index (χ3n) is 8.29. The number of likely N-dealkylation sites (tertiary alicyclic amines) is 1. The second kappa shape index (κ2) is 10.9. The van der Waals surface area contributed by atoms with Gasteiger partial charge in [0.1, 0.15) is 22.9 Å². The Morgan fingerprint density at radius 1 is 1.18 bits per heavy atom. The molecule has 2 aromatic carbocycles. The second-order valence-electron chi connectivity index (χ2n) is 11.0. The molecule has 1 aromatic heterocycles. The number of hydrogen-bond acceptors (Lipinski definition) is 8. The Hall–Kier alpha value is -4.46. The lowest BCUT2D eigenvalue weighted by Gasteiger charge is -2.29. The number of amides is 2. The van der Waals surface area contributed by atoms with E-state index in [2.05, 4.69) is 20.6 Å². The minimum atomic E-state index is -4.91. The maximum absolute atomic E-state index is 15.3. The van der Waals surface area contributed by atoms with E-state index in [4.69, 9.17) is 13.6 Å². The van der Waals surface area contributed by atoms with Crippen LogP contribution in [0.25, 0.3) is 0 Å². The van der Waals surface area contributed by atoms with Crippen LogP contribution in [0, 0.1) is 5.82 Å². The molecule has 2 amide bonds. The van der Waals surface area contributed by atoms with E-state index < -0.39 is 47.8 Å². The molecule has 3 heterocycles. The fourth-order valence-corrected chi connectivity index (χ4v) is 5.69. The van der Waals surface area contributed by atoms with Crippen molar-refractivity contribution in [3.8, 4) is 17.4 Å². The standard InChI is InChI=1S/C30H30F4N6O4/c1-39-11-7-16(8-12-39)36-25(41)17-13-23(43-3)21(14-20(17)31)37-28-35-15-19(30(32,33)34)26(38-28)44-22-6-4-5-18-24(22)27(42)40(2)29(18)9-10-29/h4-6,13-16H,7-12H2,1-3H3,(H,36,41)(H,35,37,38)/i1D3. The highest BCUT2D eigenvalue weighted by atomic mass is 19.4. The molecule has 2 fully saturated rings. The first-order valence-corrected chi connectivity index (χ1v) is 13.9. The van der Waals surface area contributed by atoms with E-state index in [1.807, 2.05) is 0 Å². The van der Waals surface area contributed by atoms with Crippen molar-refractivity contribution < 1.29 is 40.7 Å². The van der Waals surface area contributed by atoms with Crippen molar-refractivity contribution >= 4 is 23.5 Å². The molecular formula is C30H30F4N6O4. The highest BCUT2D eigenvalue weighted by molar-refractivity contribution is 6.03. The Morgan fingerprint density at radius 3 is 2.59 bits per heavy atom. The summed E-state index contributed by atoms with van der Waals surface area (Å²) in [7, 11) is 2.89. The Balaban J connectivity index is 1.24. The number of rotatable bonds is 7. The normalized spacial score (nSPS) is 19.2. The van der Waals surface area contributed by atoms with Gasteiger partial charge in [-0.15, -0.1) is 0 Å². The van der Waals surface area contributed by atoms with Crippen LogP contribution < -0.4 is 20.1 Å². The number of fused-ring (bicyclic) bond motifs is 2. The molecule has 10 nitrogen and oxygen atoms in total. The van der Waals surface area contributed by atoms with Gasteiger partial charge in [0.25, 0.3) is 11.8 Å². The molecule has 1 spiro atoms.